The van der Waals surface area contributed by atoms with Crippen LogP contribution < -0.4 is 16.0 Å². The Kier molecular flexibility index (Phi) is 8.12. The zero-order valence-corrected chi connectivity index (χ0v) is 23.7. The molecule has 0 bridgehead atoms. The second kappa shape index (κ2) is 11.6. The number of piperidine rings is 1. The monoisotopic (exact) mass is 600 g/mol. The predicted molar refractivity (Wildman–Crippen MR) is 156 cm³/mol. The lowest BCUT2D eigenvalue weighted by atomic mass is 9.82. The van der Waals surface area contributed by atoms with Crippen LogP contribution in [0, 0.1) is 0 Å². The third-order valence-corrected chi connectivity index (χ3v) is 8.06. The number of halogens is 3. The van der Waals surface area contributed by atoms with Crippen molar-refractivity contribution in [2.75, 3.05) is 29.9 Å². The summed E-state index contributed by atoms with van der Waals surface area (Å²) in [7, 11) is 0. The van der Waals surface area contributed by atoms with Crippen LogP contribution in [0.2, 0.25) is 15.1 Å². The Bertz CT molecular complexity index is 1460. The van der Waals surface area contributed by atoms with E-state index >= 15 is 0 Å². The maximum Gasteiger partial charge on any atom is 0.404 e. The van der Waals surface area contributed by atoms with Gasteiger partial charge in [0.1, 0.15) is 6.10 Å². The summed E-state index contributed by atoms with van der Waals surface area (Å²) in [5.74, 6) is -0.482. The molecule has 1 atom stereocenters. The van der Waals surface area contributed by atoms with E-state index in [1.54, 1.807) is 41.3 Å². The van der Waals surface area contributed by atoms with Crippen LogP contribution in [0.15, 0.2) is 66.7 Å². The van der Waals surface area contributed by atoms with Crippen molar-refractivity contribution < 1.29 is 19.1 Å². The number of primary amides is 1. The van der Waals surface area contributed by atoms with Gasteiger partial charge in [-0.3, -0.25) is 9.59 Å². The van der Waals surface area contributed by atoms with Gasteiger partial charge in [0.2, 0.25) is 5.91 Å². The number of fused-ring (bicyclic) bond motifs is 1. The van der Waals surface area contributed by atoms with Gasteiger partial charge in [-0.25, -0.2) is 4.79 Å². The number of likely N-dealkylation sites (tertiary alicyclic amines) is 1. The largest absolute Gasteiger partial charge is 0.446 e. The molecule has 11 heteroatoms. The lowest BCUT2D eigenvalue weighted by Crippen LogP contribution is -2.57. The normalized spacial score (nSPS) is 18.7. The first-order valence-corrected chi connectivity index (χ1v) is 13.9. The van der Waals surface area contributed by atoms with Crippen LogP contribution >= 0.6 is 34.8 Å². The molecule has 3 N–H and O–H groups in total. The molecule has 1 unspecified atom stereocenters. The van der Waals surface area contributed by atoms with Gasteiger partial charge in [-0.15, -0.1) is 0 Å². The molecule has 1 fully saturated rings. The molecule has 0 aromatic heterocycles. The van der Waals surface area contributed by atoms with Gasteiger partial charge >= 0.3 is 6.09 Å². The van der Waals surface area contributed by atoms with Gasteiger partial charge < -0.3 is 25.6 Å². The molecule has 5 rings (SSSR count). The molecule has 0 aliphatic carbocycles. The summed E-state index contributed by atoms with van der Waals surface area (Å²) < 4.78 is 5.12. The molecule has 2 aliphatic heterocycles. The Hall–Kier alpha value is -3.46. The first kappa shape index (κ1) is 28.1. The van der Waals surface area contributed by atoms with Crippen molar-refractivity contribution in [2.24, 2.45) is 5.73 Å². The van der Waals surface area contributed by atoms with Crippen LogP contribution in [-0.2, 0) is 26.3 Å². The van der Waals surface area contributed by atoms with Gasteiger partial charge in [0.25, 0.3) is 5.91 Å². The minimum atomic E-state index is -1.32. The molecule has 0 spiro atoms. The number of nitrogens with zero attached hydrogens (tertiary/aromatic N) is 2. The Morgan fingerprint density at radius 2 is 1.65 bits per heavy atom. The number of hydrogen-bond acceptors (Lipinski definition) is 5. The lowest BCUT2D eigenvalue weighted by molar-refractivity contribution is -0.132. The van der Waals surface area contributed by atoms with Gasteiger partial charge in [0.15, 0.2) is 5.54 Å². The van der Waals surface area contributed by atoms with E-state index in [0.717, 1.165) is 5.56 Å². The molecule has 2 aliphatic rings. The standard InChI is InChI=1S/C29H27Cl3N4O4/c30-19-4-1-3-18(13-19)16-29(24-8-7-21(32)15-25(24)34-27(29)38)36(22-6-2-5-20(31)14-22)17-26(37)35-11-9-23(10-12-35)40-28(33)39/h1-8,13-15,23H,9-12,16-17H2,(H2,33,39)(H,34,38). The minimum Gasteiger partial charge on any atom is -0.446 e. The van der Waals surface area contributed by atoms with E-state index in [1.807, 2.05) is 35.2 Å². The first-order valence-electron chi connectivity index (χ1n) is 12.8. The van der Waals surface area contributed by atoms with E-state index in [-0.39, 0.29) is 30.9 Å². The average Bonchev–Trinajstić information content (AvgIpc) is 3.17. The zero-order chi connectivity index (χ0) is 28.4. The molecule has 8 nitrogen and oxygen atoms in total. The number of rotatable bonds is 7. The smallest absolute Gasteiger partial charge is 0.404 e. The summed E-state index contributed by atoms with van der Waals surface area (Å²) in [6.07, 6.45) is 0.00760. The molecular formula is C29H27Cl3N4O4. The van der Waals surface area contributed by atoms with Crippen LogP contribution in [-0.4, -0.2) is 48.5 Å². The van der Waals surface area contributed by atoms with Crippen molar-refractivity contribution in [3.05, 3.63) is 92.9 Å². The summed E-state index contributed by atoms with van der Waals surface area (Å²) in [6, 6.07) is 19.6. The SMILES string of the molecule is NC(=O)OC1CCN(C(=O)CN(c2cccc(Cl)c2)C2(Cc3cccc(Cl)c3)C(=O)Nc3cc(Cl)ccc32)CC1. The number of anilines is 2. The molecule has 2 heterocycles. The molecular weight excluding hydrogens is 575 g/mol. The summed E-state index contributed by atoms with van der Waals surface area (Å²) >= 11 is 19.0. The molecule has 40 heavy (non-hydrogen) atoms. The first-order chi connectivity index (χ1) is 19.2. The molecule has 0 saturated carbocycles. The topological polar surface area (TPSA) is 105 Å². The van der Waals surface area contributed by atoms with E-state index in [4.69, 9.17) is 45.3 Å². The number of nitrogens with one attached hydrogen (secondary N) is 1. The number of hydrogen-bond donors (Lipinski definition) is 2. The highest BCUT2D eigenvalue weighted by atomic mass is 35.5. The Balaban J connectivity index is 1.57. The number of amides is 3. The molecule has 1 saturated heterocycles. The van der Waals surface area contributed by atoms with E-state index < -0.39 is 11.6 Å². The van der Waals surface area contributed by atoms with Crippen molar-refractivity contribution in [2.45, 2.75) is 30.9 Å². The van der Waals surface area contributed by atoms with Gasteiger partial charge in [-0.05, 0) is 48.0 Å². The summed E-state index contributed by atoms with van der Waals surface area (Å²) in [5, 5.41) is 4.47. The van der Waals surface area contributed by atoms with Crippen molar-refractivity contribution in [3.8, 4) is 0 Å². The number of carbonyl (C=O) groups excluding carboxylic acids is 3. The molecule has 208 valence electrons. The van der Waals surface area contributed by atoms with Crippen LogP contribution in [0.3, 0.4) is 0 Å². The highest BCUT2D eigenvalue weighted by Gasteiger charge is 2.52. The highest BCUT2D eigenvalue weighted by Crippen LogP contribution is 2.46. The van der Waals surface area contributed by atoms with Crippen molar-refractivity contribution in [1.82, 2.24) is 4.90 Å². The second-order valence-electron chi connectivity index (χ2n) is 9.89. The third kappa shape index (κ3) is 5.70. The highest BCUT2D eigenvalue weighted by molar-refractivity contribution is 6.31. The quantitative estimate of drug-likeness (QED) is 0.365. The van der Waals surface area contributed by atoms with Crippen LogP contribution in [0.25, 0.3) is 0 Å². The van der Waals surface area contributed by atoms with E-state index in [0.29, 0.717) is 57.9 Å². The van der Waals surface area contributed by atoms with Crippen molar-refractivity contribution in [1.29, 1.82) is 0 Å². The van der Waals surface area contributed by atoms with Crippen molar-refractivity contribution >= 4 is 64.1 Å². The maximum absolute atomic E-state index is 14.1. The predicted octanol–water partition coefficient (Wildman–Crippen LogP) is 5.63. The third-order valence-electron chi connectivity index (χ3n) is 7.35. The molecule has 3 aromatic carbocycles. The van der Waals surface area contributed by atoms with Crippen LogP contribution in [0.4, 0.5) is 16.2 Å². The minimum absolute atomic E-state index is 0.113. The Morgan fingerprint density at radius 1 is 0.975 bits per heavy atom. The van der Waals surface area contributed by atoms with Crippen LogP contribution in [0.5, 0.6) is 0 Å². The van der Waals surface area contributed by atoms with Gasteiger partial charge in [0.05, 0.1) is 6.54 Å². The van der Waals surface area contributed by atoms with E-state index in [1.165, 1.54) is 0 Å². The average molecular weight is 602 g/mol. The van der Waals surface area contributed by atoms with Gasteiger partial charge in [-0.1, -0.05) is 59.1 Å². The maximum atomic E-state index is 14.1. The van der Waals surface area contributed by atoms with Crippen molar-refractivity contribution in [3.63, 3.8) is 0 Å². The lowest BCUT2D eigenvalue weighted by Gasteiger charge is -2.42. The Morgan fingerprint density at radius 3 is 2.33 bits per heavy atom. The Labute approximate surface area is 246 Å². The molecule has 0 radical (unpaired) electrons. The summed E-state index contributed by atoms with van der Waals surface area (Å²) in [5.41, 5.74) is 6.52. The fraction of sp³-hybridized carbons (Fsp3) is 0.276. The van der Waals surface area contributed by atoms with Gasteiger partial charge in [-0.2, -0.15) is 0 Å². The zero-order valence-electron chi connectivity index (χ0n) is 21.4. The van der Waals surface area contributed by atoms with Gasteiger partial charge in [0, 0.05) is 64.4 Å². The summed E-state index contributed by atoms with van der Waals surface area (Å²) in [4.78, 5) is 42.6. The fourth-order valence-electron chi connectivity index (χ4n) is 5.52. The second-order valence-corrected chi connectivity index (χ2v) is 11.2. The fourth-order valence-corrected chi connectivity index (χ4v) is 6.09. The van der Waals surface area contributed by atoms with E-state index in [9.17, 15) is 14.4 Å². The molecule has 3 amide bonds. The summed E-state index contributed by atoms with van der Waals surface area (Å²) in [6.45, 7) is 0.664. The number of nitrogens with two attached hydrogens (primary N) is 1. The van der Waals surface area contributed by atoms with E-state index in [2.05, 4.69) is 5.32 Å². The number of carbonyl (C=O) groups is 3. The number of benzene rings is 3. The van der Waals surface area contributed by atoms with Crippen LogP contribution in [0.1, 0.15) is 24.0 Å². The molecule has 3 aromatic rings. The number of ether oxygens (including phenoxy) is 1.